The second-order valence-corrected chi connectivity index (χ2v) is 5.03. The Bertz CT molecular complexity index is 590. The first kappa shape index (κ1) is 15.3. The molecule has 6 heteroatoms. The van der Waals surface area contributed by atoms with Crippen molar-refractivity contribution in [3.63, 3.8) is 0 Å². The number of aromatic nitrogens is 4. The number of nitrogens with one attached hydrogen (secondary N) is 2. The molecule has 0 unspecified atom stereocenters. The quantitative estimate of drug-likeness (QED) is 0.818. The van der Waals surface area contributed by atoms with Crippen LogP contribution in [0.25, 0.3) is 0 Å². The van der Waals surface area contributed by atoms with E-state index in [-0.39, 0.29) is 0 Å². The summed E-state index contributed by atoms with van der Waals surface area (Å²) in [5.41, 5.74) is 3.49. The number of nitrogens with zero attached hydrogens (tertiary/aromatic N) is 4. The number of anilines is 2. The van der Waals surface area contributed by atoms with Gasteiger partial charge in [-0.3, -0.25) is 4.68 Å². The average Bonchev–Trinajstić information content (AvgIpc) is 2.86. The normalized spacial score (nSPS) is 10.7. The summed E-state index contributed by atoms with van der Waals surface area (Å²) in [7, 11) is 3.84. The van der Waals surface area contributed by atoms with Gasteiger partial charge in [0.15, 0.2) is 0 Å². The first-order valence-electron chi connectivity index (χ1n) is 7.46. The van der Waals surface area contributed by atoms with Crippen LogP contribution in [0.2, 0.25) is 0 Å². The molecule has 2 aromatic heterocycles. The molecule has 0 aromatic carbocycles. The van der Waals surface area contributed by atoms with Gasteiger partial charge < -0.3 is 10.6 Å². The molecule has 0 saturated heterocycles. The van der Waals surface area contributed by atoms with E-state index in [0.29, 0.717) is 0 Å². The molecule has 114 valence electrons. The summed E-state index contributed by atoms with van der Waals surface area (Å²) in [5, 5.41) is 11.0. The van der Waals surface area contributed by atoms with E-state index in [2.05, 4.69) is 45.7 Å². The van der Waals surface area contributed by atoms with Crippen LogP contribution in [-0.4, -0.2) is 26.8 Å². The maximum Gasteiger partial charge on any atom is 0.134 e. The van der Waals surface area contributed by atoms with Crippen molar-refractivity contribution in [2.24, 2.45) is 7.05 Å². The predicted molar refractivity (Wildman–Crippen MR) is 85.5 cm³/mol. The lowest BCUT2D eigenvalue weighted by Crippen LogP contribution is -2.09. The molecule has 0 aliphatic rings. The van der Waals surface area contributed by atoms with Crippen molar-refractivity contribution in [2.45, 2.75) is 39.7 Å². The monoisotopic (exact) mass is 288 g/mol. The second-order valence-electron chi connectivity index (χ2n) is 5.03. The van der Waals surface area contributed by atoms with Crippen molar-refractivity contribution in [3.05, 3.63) is 29.3 Å². The van der Waals surface area contributed by atoms with Gasteiger partial charge >= 0.3 is 0 Å². The van der Waals surface area contributed by atoms with Crippen LogP contribution in [0.3, 0.4) is 0 Å². The Morgan fingerprint density at radius 2 is 1.95 bits per heavy atom. The third-order valence-corrected chi connectivity index (χ3v) is 3.46. The van der Waals surface area contributed by atoms with Gasteiger partial charge in [-0.2, -0.15) is 5.10 Å². The molecule has 0 saturated carbocycles. The summed E-state index contributed by atoms with van der Waals surface area (Å²) in [6, 6.07) is 0. The van der Waals surface area contributed by atoms with E-state index in [1.807, 2.05) is 18.8 Å². The second kappa shape index (κ2) is 7.06. The SMILES string of the molecule is CCCc1c(NC)ncnc1NCc1cn(C)nc1CC. The molecular weight excluding hydrogens is 264 g/mol. The topological polar surface area (TPSA) is 67.7 Å². The van der Waals surface area contributed by atoms with E-state index >= 15 is 0 Å². The van der Waals surface area contributed by atoms with Crippen molar-refractivity contribution in [3.8, 4) is 0 Å². The molecular formula is C15H24N6. The van der Waals surface area contributed by atoms with E-state index in [0.717, 1.165) is 48.7 Å². The lowest BCUT2D eigenvalue weighted by Gasteiger charge is -2.13. The molecule has 0 aliphatic carbocycles. The molecule has 2 heterocycles. The Morgan fingerprint density at radius 1 is 1.19 bits per heavy atom. The van der Waals surface area contributed by atoms with Gasteiger partial charge in [-0.15, -0.1) is 0 Å². The predicted octanol–water partition coefficient (Wildman–Crippen LogP) is 2.38. The van der Waals surface area contributed by atoms with Crippen molar-refractivity contribution in [1.29, 1.82) is 0 Å². The summed E-state index contributed by atoms with van der Waals surface area (Å²) < 4.78 is 1.86. The highest BCUT2D eigenvalue weighted by Crippen LogP contribution is 2.22. The fourth-order valence-electron chi connectivity index (χ4n) is 2.47. The third-order valence-electron chi connectivity index (χ3n) is 3.46. The van der Waals surface area contributed by atoms with Crippen LogP contribution in [0, 0.1) is 0 Å². The van der Waals surface area contributed by atoms with Crippen LogP contribution < -0.4 is 10.6 Å². The highest BCUT2D eigenvalue weighted by atomic mass is 15.3. The van der Waals surface area contributed by atoms with Gasteiger partial charge in [0.1, 0.15) is 18.0 Å². The summed E-state index contributed by atoms with van der Waals surface area (Å²) in [5.74, 6) is 1.80. The Morgan fingerprint density at radius 3 is 2.62 bits per heavy atom. The first-order valence-corrected chi connectivity index (χ1v) is 7.46. The lowest BCUT2D eigenvalue weighted by atomic mass is 10.1. The third kappa shape index (κ3) is 3.51. The van der Waals surface area contributed by atoms with Crippen LogP contribution in [0.15, 0.2) is 12.5 Å². The minimum Gasteiger partial charge on any atom is -0.373 e. The molecule has 0 bridgehead atoms. The maximum atomic E-state index is 4.47. The molecule has 0 radical (unpaired) electrons. The van der Waals surface area contributed by atoms with Crippen LogP contribution in [0.1, 0.15) is 37.1 Å². The van der Waals surface area contributed by atoms with Crippen LogP contribution in [-0.2, 0) is 26.4 Å². The lowest BCUT2D eigenvalue weighted by molar-refractivity contribution is 0.746. The molecule has 2 N–H and O–H groups in total. The Balaban J connectivity index is 2.19. The molecule has 21 heavy (non-hydrogen) atoms. The average molecular weight is 288 g/mol. The summed E-state index contributed by atoms with van der Waals surface area (Å²) in [6.45, 7) is 5.01. The Hall–Kier alpha value is -2.11. The maximum absolute atomic E-state index is 4.47. The highest BCUT2D eigenvalue weighted by Gasteiger charge is 2.11. The van der Waals surface area contributed by atoms with Gasteiger partial charge in [0, 0.05) is 38.0 Å². The summed E-state index contributed by atoms with van der Waals surface area (Å²) in [4.78, 5) is 8.68. The van der Waals surface area contributed by atoms with Gasteiger partial charge in [0.05, 0.1) is 5.69 Å². The molecule has 2 rings (SSSR count). The zero-order chi connectivity index (χ0) is 15.2. The van der Waals surface area contributed by atoms with Crippen molar-refractivity contribution in [1.82, 2.24) is 19.7 Å². The number of hydrogen-bond donors (Lipinski definition) is 2. The number of rotatable bonds is 7. The molecule has 0 fully saturated rings. The Kier molecular flexibility index (Phi) is 5.14. The number of hydrogen-bond acceptors (Lipinski definition) is 5. The van der Waals surface area contributed by atoms with Crippen LogP contribution >= 0.6 is 0 Å². The van der Waals surface area contributed by atoms with Gasteiger partial charge in [0.25, 0.3) is 0 Å². The summed E-state index contributed by atoms with van der Waals surface area (Å²) in [6.07, 6.45) is 6.60. The van der Waals surface area contributed by atoms with Gasteiger partial charge in [-0.05, 0) is 12.8 Å². The fraction of sp³-hybridized carbons (Fsp3) is 0.533. The minimum atomic E-state index is 0.730. The smallest absolute Gasteiger partial charge is 0.134 e. The molecule has 0 aliphatic heterocycles. The van der Waals surface area contributed by atoms with Crippen molar-refractivity contribution < 1.29 is 0 Å². The zero-order valence-corrected chi connectivity index (χ0v) is 13.3. The fourth-order valence-corrected chi connectivity index (χ4v) is 2.47. The molecule has 0 amide bonds. The van der Waals surface area contributed by atoms with Gasteiger partial charge in [-0.1, -0.05) is 20.3 Å². The van der Waals surface area contributed by atoms with Gasteiger partial charge in [-0.25, -0.2) is 9.97 Å². The summed E-state index contributed by atoms with van der Waals surface area (Å²) >= 11 is 0. The molecule has 6 nitrogen and oxygen atoms in total. The van der Waals surface area contributed by atoms with E-state index < -0.39 is 0 Å². The number of aryl methyl sites for hydroxylation is 2. The standard InChI is InChI=1S/C15H24N6/c1-5-7-12-14(16-3)18-10-19-15(12)17-8-11-9-21(4)20-13(11)6-2/h9-10H,5-8H2,1-4H3,(H2,16,17,18,19). The van der Waals surface area contributed by atoms with Crippen molar-refractivity contribution >= 4 is 11.6 Å². The van der Waals surface area contributed by atoms with E-state index in [4.69, 9.17) is 0 Å². The molecule has 0 spiro atoms. The zero-order valence-electron chi connectivity index (χ0n) is 13.3. The van der Waals surface area contributed by atoms with Crippen molar-refractivity contribution in [2.75, 3.05) is 17.7 Å². The molecule has 0 atom stereocenters. The van der Waals surface area contributed by atoms with Gasteiger partial charge in [0.2, 0.25) is 0 Å². The first-order chi connectivity index (χ1) is 10.2. The minimum absolute atomic E-state index is 0.730. The van der Waals surface area contributed by atoms with Crippen LogP contribution in [0.4, 0.5) is 11.6 Å². The van der Waals surface area contributed by atoms with E-state index in [9.17, 15) is 0 Å². The largest absolute Gasteiger partial charge is 0.373 e. The van der Waals surface area contributed by atoms with E-state index in [1.165, 1.54) is 5.56 Å². The highest BCUT2D eigenvalue weighted by molar-refractivity contribution is 5.57. The Labute approximate surface area is 126 Å². The van der Waals surface area contributed by atoms with Crippen LogP contribution in [0.5, 0.6) is 0 Å². The molecule has 2 aromatic rings. The van der Waals surface area contributed by atoms with E-state index in [1.54, 1.807) is 6.33 Å².